The zero-order valence-electron chi connectivity index (χ0n) is 16.1. The Morgan fingerprint density at radius 1 is 0.967 bits per heavy atom. The predicted molar refractivity (Wildman–Crippen MR) is 104 cm³/mol. The first-order valence-electron chi connectivity index (χ1n) is 9.60. The Morgan fingerprint density at radius 3 is 2.13 bits per heavy atom. The lowest BCUT2D eigenvalue weighted by Gasteiger charge is -2.29. The molecule has 9 heteroatoms. The Morgan fingerprint density at radius 2 is 1.57 bits per heavy atom. The zero-order chi connectivity index (χ0) is 21.6. The standard InChI is InChI=1S/C21H23F3N2O4/c22-21(23,24)30-19-11-5-16(6-12-19)26-20(28)25-15-3-9-18(10-4-15)29-17-7-1-14(13-27)2-8-17/h1-2,5-8,11-12,15,18,27H,3-4,9-10,13H2,(H2,25,26,28). The summed E-state index contributed by atoms with van der Waals surface area (Å²) in [6.07, 6.45) is -1.60. The summed E-state index contributed by atoms with van der Waals surface area (Å²) in [6.45, 7) is -0.00932. The van der Waals surface area contributed by atoms with Gasteiger partial charge in [-0.05, 0) is 67.6 Å². The number of rotatable bonds is 6. The number of carbonyl (C=O) groups is 1. The third-order valence-corrected chi connectivity index (χ3v) is 4.76. The molecule has 1 saturated carbocycles. The minimum atomic E-state index is -4.75. The van der Waals surface area contributed by atoms with Crippen LogP contribution < -0.4 is 20.1 Å². The summed E-state index contributed by atoms with van der Waals surface area (Å²) in [6, 6.07) is 11.8. The third-order valence-electron chi connectivity index (χ3n) is 4.76. The lowest BCUT2D eigenvalue weighted by molar-refractivity contribution is -0.274. The average Bonchev–Trinajstić information content (AvgIpc) is 2.70. The number of urea groups is 1. The molecule has 0 aliphatic heterocycles. The van der Waals surface area contributed by atoms with Crippen LogP contribution >= 0.6 is 0 Å². The van der Waals surface area contributed by atoms with Crippen molar-refractivity contribution in [2.45, 2.75) is 50.8 Å². The van der Waals surface area contributed by atoms with E-state index in [0.717, 1.165) is 49.1 Å². The second-order valence-corrected chi connectivity index (χ2v) is 7.06. The summed E-state index contributed by atoms with van der Waals surface area (Å²) in [5.41, 5.74) is 1.19. The number of carbonyl (C=O) groups excluding carboxylic acids is 1. The van der Waals surface area contributed by atoms with Crippen molar-refractivity contribution in [1.29, 1.82) is 0 Å². The van der Waals surface area contributed by atoms with Crippen LogP contribution in [0.15, 0.2) is 48.5 Å². The number of alkyl halides is 3. The van der Waals surface area contributed by atoms with Gasteiger partial charge in [0.15, 0.2) is 0 Å². The van der Waals surface area contributed by atoms with Gasteiger partial charge in [-0.25, -0.2) is 4.79 Å². The highest BCUT2D eigenvalue weighted by atomic mass is 19.4. The van der Waals surface area contributed by atoms with E-state index in [1.807, 2.05) is 24.3 Å². The van der Waals surface area contributed by atoms with Crippen LogP contribution in [0.2, 0.25) is 0 Å². The van der Waals surface area contributed by atoms with Crippen LogP contribution in [0.25, 0.3) is 0 Å². The minimum absolute atomic E-state index is 0.00514. The number of aliphatic hydroxyl groups excluding tert-OH is 1. The molecule has 0 saturated heterocycles. The fourth-order valence-electron chi connectivity index (χ4n) is 3.28. The highest BCUT2D eigenvalue weighted by molar-refractivity contribution is 5.89. The fraction of sp³-hybridized carbons (Fsp3) is 0.381. The van der Waals surface area contributed by atoms with Crippen molar-refractivity contribution in [2.24, 2.45) is 0 Å². The number of aliphatic hydroxyl groups is 1. The molecule has 1 aliphatic carbocycles. The first-order valence-corrected chi connectivity index (χ1v) is 9.60. The van der Waals surface area contributed by atoms with Gasteiger partial charge in [-0.1, -0.05) is 12.1 Å². The summed E-state index contributed by atoms with van der Waals surface area (Å²) in [5, 5.41) is 14.5. The van der Waals surface area contributed by atoms with Crippen LogP contribution in [-0.4, -0.2) is 29.6 Å². The van der Waals surface area contributed by atoms with Crippen LogP contribution in [0, 0.1) is 0 Å². The molecule has 1 fully saturated rings. The molecule has 3 rings (SSSR count). The van der Waals surface area contributed by atoms with E-state index in [-0.39, 0.29) is 24.5 Å². The van der Waals surface area contributed by atoms with Crippen molar-refractivity contribution in [3.05, 3.63) is 54.1 Å². The molecule has 0 bridgehead atoms. The van der Waals surface area contributed by atoms with Crippen molar-refractivity contribution < 1.29 is 32.5 Å². The van der Waals surface area contributed by atoms with Crippen LogP contribution in [-0.2, 0) is 6.61 Å². The van der Waals surface area contributed by atoms with Gasteiger partial charge in [0.2, 0.25) is 0 Å². The monoisotopic (exact) mass is 424 g/mol. The van der Waals surface area contributed by atoms with Gasteiger partial charge < -0.3 is 25.2 Å². The Labute approximate surface area is 172 Å². The van der Waals surface area contributed by atoms with Crippen molar-refractivity contribution >= 4 is 11.7 Å². The fourth-order valence-corrected chi connectivity index (χ4v) is 3.28. The molecule has 0 heterocycles. The quantitative estimate of drug-likeness (QED) is 0.634. The van der Waals surface area contributed by atoms with E-state index in [4.69, 9.17) is 9.84 Å². The van der Waals surface area contributed by atoms with E-state index in [1.54, 1.807) is 0 Å². The van der Waals surface area contributed by atoms with Crippen molar-refractivity contribution in [2.75, 3.05) is 5.32 Å². The number of amides is 2. The number of hydrogen-bond acceptors (Lipinski definition) is 4. The molecule has 0 atom stereocenters. The van der Waals surface area contributed by atoms with Gasteiger partial charge in [0.1, 0.15) is 11.5 Å². The molecule has 6 nitrogen and oxygen atoms in total. The molecule has 30 heavy (non-hydrogen) atoms. The van der Waals surface area contributed by atoms with E-state index >= 15 is 0 Å². The summed E-state index contributed by atoms with van der Waals surface area (Å²) >= 11 is 0. The van der Waals surface area contributed by atoms with E-state index < -0.39 is 12.4 Å². The van der Waals surface area contributed by atoms with Crippen molar-refractivity contribution in [3.8, 4) is 11.5 Å². The van der Waals surface area contributed by atoms with Crippen LogP contribution in [0.4, 0.5) is 23.7 Å². The van der Waals surface area contributed by atoms with Crippen molar-refractivity contribution in [1.82, 2.24) is 5.32 Å². The maximum absolute atomic E-state index is 12.2. The number of anilines is 1. The molecule has 3 N–H and O–H groups in total. The third kappa shape index (κ3) is 6.84. The Balaban J connectivity index is 1.40. The van der Waals surface area contributed by atoms with E-state index in [0.29, 0.717) is 5.69 Å². The SMILES string of the molecule is O=C(Nc1ccc(OC(F)(F)F)cc1)NC1CCC(Oc2ccc(CO)cc2)CC1. The van der Waals surface area contributed by atoms with Gasteiger partial charge in [-0.2, -0.15) is 0 Å². The highest BCUT2D eigenvalue weighted by Crippen LogP contribution is 2.25. The topological polar surface area (TPSA) is 79.8 Å². The molecular formula is C21H23F3N2O4. The van der Waals surface area contributed by atoms with Gasteiger partial charge >= 0.3 is 12.4 Å². The largest absolute Gasteiger partial charge is 0.573 e. The average molecular weight is 424 g/mol. The first-order chi connectivity index (χ1) is 14.3. The van der Waals surface area contributed by atoms with Gasteiger partial charge in [0.25, 0.3) is 0 Å². The van der Waals surface area contributed by atoms with Gasteiger partial charge in [-0.15, -0.1) is 13.2 Å². The molecule has 0 unspecified atom stereocenters. The molecule has 0 aromatic heterocycles. The van der Waals surface area contributed by atoms with Gasteiger partial charge in [0.05, 0.1) is 12.7 Å². The number of nitrogens with one attached hydrogen (secondary N) is 2. The normalized spacial score (nSPS) is 19.1. The van der Waals surface area contributed by atoms with Crippen molar-refractivity contribution in [3.63, 3.8) is 0 Å². The maximum atomic E-state index is 12.2. The Bertz CT molecular complexity index is 818. The second kappa shape index (κ2) is 9.71. The molecule has 2 amide bonds. The van der Waals surface area contributed by atoms with Crippen LogP contribution in [0.1, 0.15) is 31.2 Å². The van der Waals surface area contributed by atoms with E-state index in [1.165, 1.54) is 12.1 Å². The minimum Gasteiger partial charge on any atom is -0.490 e. The number of hydrogen-bond donors (Lipinski definition) is 3. The lowest BCUT2D eigenvalue weighted by Crippen LogP contribution is -2.41. The molecule has 0 spiro atoms. The molecule has 1 aliphatic rings. The number of benzene rings is 2. The highest BCUT2D eigenvalue weighted by Gasteiger charge is 2.31. The summed E-state index contributed by atoms with van der Waals surface area (Å²) in [4.78, 5) is 12.1. The van der Waals surface area contributed by atoms with E-state index in [2.05, 4.69) is 15.4 Å². The summed E-state index contributed by atoms with van der Waals surface area (Å²) < 4.78 is 46.3. The number of ether oxygens (including phenoxy) is 2. The summed E-state index contributed by atoms with van der Waals surface area (Å²) in [5.74, 6) is 0.400. The lowest BCUT2D eigenvalue weighted by atomic mass is 9.93. The summed E-state index contributed by atoms with van der Waals surface area (Å²) in [7, 11) is 0. The Kier molecular flexibility index (Phi) is 7.04. The Hall–Kier alpha value is -2.94. The molecule has 2 aromatic rings. The second-order valence-electron chi connectivity index (χ2n) is 7.06. The molecule has 162 valence electrons. The molecular weight excluding hydrogens is 401 g/mol. The van der Waals surface area contributed by atoms with E-state index in [9.17, 15) is 18.0 Å². The number of halogens is 3. The molecule has 2 aromatic carbocycles. The first kappa shape index (κ1) is 21.8. The smallest absolute Gasteiger partial charge is 0.490 e. The zero-order valence-corrected chi connectivity index (χ0v) is 16.1. The van der Waals surface area contributed by atoms with Crippen LogP contribution in [0.3, 0.4) is 0 Å². The van der Waals surface area contributed by atoms with Gasteiger partial charge in [-0.3, -0.25) is 0 Å². The van der Waals surface area contributed by atoms with Gasteiger partial charge in [0, 0.05) is 11.7 Å². The van der Waals surface area contributed by atoms with Crippen LogP contribution in [0.5, 0.6) is 11.5 Å². The molecule has 0 radical (unpaired) electrons. The predicted octanol–water partition coefficient (Wildman–Crippen LogP) is 4.59. The maximum Gasteiger partial charge on any atom is 0.573 e.